The van der Waals surface area contributed by atoms with Crippen LogP contribution >= 0.6 is 0 Å². The average Bonchev–Trinajstić information content (AvgIpc) is 2.56. The van der Waals surface area contributed by atoms with Crippen molar-refractivity contribution in [2.45, 2.75) is 39.9 Å². The highest BCUT2D eigenvalue weighted by molar-refractivity contribution is 5.87. The number of nitrogens with zero attached hydrogens (tertiary/aromatic N) is 1. The molecule has 0 aliphatic carbocycles. The Morgan fingerprint density at radius 2 is 1.81 bits per heavy atom. The quantitative estimate of drug-likeness (QED) is 0.492. The second-order valence-corrected chi connectivity index (χ2v) is 7.46. The maximum Gasteiger partial charge on any atom is 0.196 e. The van der Waals surface area contributed by atoms with Crippen molar-refractivity contribution in [3.05, 3.63) is 24.3 Å². The predicted molar refractivity (Wildman–Crippen MR) is 101 cm³/mol. The molecular weight excluding hydrogens is 334 g/mol. The molecule has 1 heterocycles. The summed E-state index contributed by atoms with van der Waals surface area (Å²) in [6.45, 7) is 9.89. The summed E-state index contributed by atoms with van der Waals surface area (Å²) >= 11 is 0. The summed E-state index contributed by atoms with van der Waals surface area (Å²) < 4.78 is 27.3. The van der Waals surface area contributed by atoms with E-state index >= 15 is 0 Å². The van der Waals surface area contributed by atoms with Crippen LogP contribution in [0.3, 0.4) is 0 Å². The standard InChI is InChI=1S/C20H31NO5/c1-14(25-13-24-12-11-22-5)18-17(20(2,3)4)19(26-18)21-15-7-9-16(23-6)10-8-15/h7-10,14,17-18H,11-13H2,1-6H3/t14-,17-,18+/m0/s1. The van der Waals surface area contributed by atoms with E-state index in [1.807, 2.05) is 31.2 Å². The molecule has 146 valence electrons. The van der Waals surface area contributed by atoms with Gasteiger partial charge >= 0.3 is 0 Å². The molecule has 6 nitrogen and oxygen atoms in total. The fourth-order valence-electron chi connectivity index (χ4n) is 2.91. The first-order valence-corrected chi connectivity index (χ1v) is 8.94. The van der Waals surface area contributed by atoms with Crippen LogP contribution in [-0.4, -0.2) is 52.3 Å². The smallest absolute Gasteiger partial charge is 0.196 e. The van der Waals surface area contributed by atoms with Crippen molar-refractivity contribution in [3.8, 4) is 5.75 Å². The Bertz CT molecular complexity index is 579. The lowest BCUT2D eigenvalue weighted by molar-refractivity contribution is -0.152. The van der Waals surface area contributed by atoms with Crippen molar-refractivity contribution in [1.82, 2.24) is 0 Å². The minimum Gasteiger partial charge on any atom is -0.497 e. The second-order valence-electron chi connectivity index (χ2n) is 7.46. The minimum absolute atomic E-state index is 0.0166. The predicted octanol–water partition coefficient (Wildman–Crippen LogP) is 3.81. The van der Waals surface area contributed by atoms with Crippen LogP contribution in [0.4, 0.5) is 5.69 Å². The Kier molecular flexibility index (Phi) is 7.43. The summed E-state index contributed by atoms with van der Waals surface area (Å²) in [5.41, 5.74) is 0.868. The molecule has 1 aliphatic heterocycles. The zero-order valence-corrected chi connectivity index (χ0v) is 16.7. The molecule has 0 unspecified atom stereocenters. The van der Waals surface area contributed by atoms with E-state index in [1.165, 1.54) is 0 Å². The molecule has 26 heavy (non-hydrogen) atoms. The van der Waals surface area contributed by atoms with Crippen LogP contribution in [0.15, 0.2) is 29.3 Å². The SMILES string of the molecule is COCCOCO[C@@H](C)[C@H]1OC(=Nc2ccc(OC)cc2)[C@H]1C(C)(C)C. The Hall–Kier alpha value is -1.63. The number of benzene rings is 1. The summed E-state index contributed by atoms with van der Waals surface area (Å²) in [4.78, 5) is 4.68. The van der Waals surface area contributed by atoms with Gasteiger partial charge in [-0.1, -0.05) is 20.8 Å². The third kappa shape index (κ3) is 5.43. The van der Waals surface area contributed by atoms with Crippen LogP contribution in [0.25, 0.3) is 0 Å². The monoisotopic (exact) mass is 365 g/mol. The zero-order valence-electron chi connectivity index (χ0n) is 16.7. The maximum atomic E-state index is 5.99. The van der Waals surface area contributed by atoms with Gasteiger partial charge in [0.1, 0.15) is 18.6 Å². The van der Waals surface area contributed by atoms with Gasteiger partial charge in [0.15, 0.2) is 5.90 Å². The normalized spacial score (nSPS) is 22.6. The molecule has 6 heteroatoms. The van der Waals surface area contributed by atoms with Crippen molar-refractivity contribution in [3.63, 3.8) is 0 Å². The van der Waals surface area contributed by atoms with E-state index in [1.54, 1.807) is 14.2 Å². The van der Waals surface area contributed by atoms with Crippen LogP contribution in [0, 0.1) is 11.3 Å². The van der Waals surface area contributed by atoms with Crippen LogP contribution in [-0.2, 0) is 18.9 Å². The van der Waals surface area contributed by atoms with E-state index in [9.17, 15) is 0 Å². The zero-order chi connectivity index (χ0) is 19.2. The Morgan fingerprint density at radius 3 is 2.38 bits per heavy atom. The third-order valence-corrected chi connectivity index (χ3v) is 4.40. The molecule has 0 radical (unpaired) electrons. The lowest BCUT2D eigenvalue weighted by Crippen LogP contribution is -2.57. The summed E-state index contributed by atoms with van der Waals surface area (Å²) in [5.74, 6) is 1.74. The van der Waals surface area contributed by atoms with Gasteiger partial charge in [0, 0.05) is 7.11 Å². The number of rotatable bonds is 9. The Labute approximate surface area is 156 Å². The molecule has 0 saturated carbocycles. The topological polar surface area (TPSA) is 58.5 Å². The molecule has 1 aliphatic rings. The first kappa shape index (κ1) is 20.7. The fourth-order valence-corrected chi connectivity index (χ4v) is 2.91. The molecule has 0 spiro atoms. The summed E-state index contributed by atoms with van der Waals surface area (Å²) in [5, 5.41) is 0. The van der Waals surface area contributed by atoms with Crippen molar-refractivity contribution in [1.29, 1.82) is 0 Å². The largest absolute Gasteiger partial charge is 0.497 e. The van der Waals surface area contributed by atoms with Gasteiger partial charge in [-0.15, -0.1) is 0 Å². The van der Waals surface area contributed by atoms with Gasteiger partial charge < -0.3 is 23.7 Å². The van der Waals surface area contributed by atoms with Crippen LogP contribution in [0.2, 0.25) is 0 Å². The lowest BCUT2D eigenvalue weighted by atomic mass is 9.72. The Balaban J connectivity index is 1.98. The van der Waals surface area contributed by atoms with Gasteiger partial charge in [0.25, 0.3) is 0 Å². The minimum atomic E-state index is -0.0865. The maximum absolute atomic E-state index is 5.99. The van der Waals surface area contributed by atoms with E-state index in [-0.39, 0.29) is 30.3 Å². The van der Waals surface area contributed by atoms with Gasteiger partial charge in [-0.05, 0) is 36.6 Å². The van der Waals surface area contributed by atoms with Gasteiger partial charge in [-0.2, -0.15) is 0 Å². The lowest BCUT2D eigenvalue weighted by Gasteiger charge is -2.47. The molecule has 0 amide bonds. The van der Waals surface area contributed by atoms with Crippen LogP contribution < -0.4 is 4.74 Å². The van der Waals surface area contributed by atoms with E-state index in [0.717, 1.165) is 17.3 Å². The highest BCUT2D eigenvalue weighted by atomic mass is 16.7. The van der Waals surface area contributed by atoms with E-state index in [0.29, 0.717) is 13.2 Å². The summed E-state index contributed by atoms with van der Waals surface area (Å²) in [6.07, 6.45) is -0.130. The first-order chi connectivity index (χ1) is 12.4. The highest BCUT2D eigenvalue weighted by Crippen LogP contribution is 2.42. The molecule has 1 aromatic carbocycles. The first-order valence-electron chi connectivity index (χ1n) is 8.94. The number of methoxy groups -OCH3 is 2. The van der Waals surface area contributed by atoms with Gasteiger partial charge in [-0.25, -0.2) is 4.99 Å². The number of ether oxygens (including phenoxy) is 5. The fraction of sp³-hybridized carbons (Fsp3) is 0.650. The van der Waals surface area contributed by atoms with Crippen LogP contribution in [0.1, 0.15) is 27.7 Å². The second kappa shape index (κ2) is 9.35. The average molecular weight is 365 g/mol. The highest BCUT2D eigenvalue weighted by Gasteiger charge is 2.50. The number of hydrogen-bond acceptors (Lipinski definition) is 6. The van der Waals surface area contributed by atoms with Crippen LogP contribution in [0.5, 0.6) is 5.75 Å². The van der Waals surface area contributed by atoms with Crippen molar-refractivity contribution < 1.29 is 23.7 Å². The number of hydrogen-bond donors (Lipinski definition) is 0. The van der Waals surface area contributed by atoms with E-state index < -0.39 is 0 Å². The van der Waals surface area contributed by atoms with Gasteiger partial charge in [0.05, 0.1) is 38.0 Å². The van der Waals surface area contributed by atoms with Crippen molar-refractivity contribution in [2.24, 2.45) is 16.3 Å². The molecule has 0 aromatic heterocycles. The van der Waals surface area contributed by atoms with Gasteiger partial charge in [-0.3, -0.25) is 0 Å². The van der Waals surface area contributed by atoms with Gasteiger partial charge in [0.2, 0.25) is 0 Å². The van der Waals surface area contributed by atoms with Crippen molar-refractivity contribution >= 4 is 11.6 Å². The molecule has 0 bridgehead atoms. The molecule has 1 saturated heterocycles. The summed E-state index contributed by atoms with van der Waals surface area (Å²) in [6, 6.07) is 7.63. The molecule has 1 aromatic rings. The van der Waals surface area contributed by atoms with E-state index in [2.05, 4.69) is 25.8 Å². The number of aliphatic imine (C=N–C) groups is 1. The molecular formula is C20H31NO5. The third-order valence-electron chi connectivity index (χ3n) is 4.40. The van der Waals surface area contributed by atoms with E-state index in [4.69, 9.17) is 23.7 Å². The Morgan fingerprint density at radius 1 is 1.12 bits per heavy atom. The molecule has 0 N–H and O–H groups in total. The molecule has 3 atom stereocenters. The van der Waals surface area contributed by atoms with Crippen molar-refractivity contribution in [2.75, 3.05) is 34.2 Å². The summed E-state index contributed by atoms with van der Waals surface area (Å²) in [7, 11) is 3.29. The molecule has 2 rings (SSSR count). The molecule has 1 fully saturated rings.